The van der Waals surface area contributed by atoms with Gasteiger partial charge in [0.1, 0.15) is 11.6 Å². The Labute approximate surface area is 93.8 Å². The summed E-state index contributed by atoms with van der Waals surface area (Å²) in [6.45, 7) is 0.928. The maximum atomic E-state index is 12.9. The van der Waals surface area contributed by atoms with E-state index in [0.717, 1.165) is 6.07 Å². The van der Waals surface area contributed by atoms with E-state index in [4.69, 9.17) is 19.5 Å². The molecule has 1 rings (SSSR count). The summed E-state index contributed by atoms with van der Waals surface area (Å²) in [6.07, 6.45) is 0.675. The lowest BCUT2D eigenvalue weighted by Crippen LogP contribution is -2.32. The minimum absolute atomic E-state index is 0.0254. The molecule has 1 aromatic rings. The molecule has 0 unspecified atom stereocenters. The van der Waals surface area contributed by atoms with Gasteiger partial charge in [-0.3, -0.25) is 0 Å². The highest BCUT2D eigenvalue weighted by atomic mass is 19.1. The standard InChI is InChI=1S/C10H14BFO4/c1-15-5-2-6-16-10-4-3-8(12)7-9(10)11(13)14/h3-4,7,13-14H,2,5-6H2,1H3. The van der Waals surface area contributed by atoms with Gasteiger partial charge >= 0.3 is 7.12 Å². The lowest BCUT2D eigenvalue weighted by atomic mass is 9.79. The normalized spacial score (nSPS) is 10.2. The summed E-state index contributed by atoms with van der Waals surface area (Å²) in [5, 5.41) is 18.0. The molecule has 0 saturated heterocycles. The van der Waals surface area contributed by atoms with Gasteiger partial charge in [-0.15, -0.1) is 0 Å². The fourth-order valence-electron chi connectivity index (χ4n) is 1.24. The topological polar surface area (TPSA) is 58.9 Å². The van der Waals surface area contributed by atoms with E-state index in [9.17, 15) is 4.39 Å². The van der Waals surface area contributed by atoms with Gasteiger partial charge in [0.05, 0.1) is 6.61 Å². The molecule has 0 aliphatic carbocycles. The van der Waals surface area contributed by atoms with Crippen molar-refractivity contribution in [2.24, 2.45) is 0 Å². The minimum atomic E-state index is -1.74. The fraction of sp³-hybridized carbons (Fsp3) is 0.400. The predicted molar refractivity (Wildman–Crippen MR) is 58.2 cm³/mol. The maximum absolute atomic E-state index is 12.9. The summed E-state index contributed by atoms with van der Waals surface area (Å²) < 4.78 is 23.0. The Morgan fingerprint density at radius 1 is 1.31 bits per heavy atom. The first-order valence-corrected chi connectivity index (χ1v) is 4.92. The molecule has 0 spiro atoms. The number of benzene rings is 1. The van der Waals surface area contributed by atoms with Crippen molar-refractivity contribution < 1.29 is 23.9 Å². The van der Waals surface area contributed by atoms with Crippen LogP contribution in [0.1, 0.15) is 6.42 Å². The van der Waals surface area contributed by atoms with Crippen molar-refractivity contribution in [3.63, 3.8) is 0 Å². The quantitative estimate of drug-likeness (QED) is 0.528. The lowest BCUT2D eigenvalue weighted by molar-refractivity contribution is 0.172. The molecule has 88 valence electrons. The molecule has 0 fully saturated rings. The van der Waals surface area contributed by atoms with Crippen molar-refractivity contribution in [3.05, 3.63) is 24.0 Å². The molecule has 16 heavy (non-hydrogen) atoms. The molecule has 0 aromatic heterocycles. The lowest BCUT2D eigenvalue weighted by Gasteiger charge is -2.10. The van der Waals surface area contributed by atoms with E-state index in [-0.39, 0.29) is 11.2 Å². The van der Waals surface area contributed by atoms with Crippen LogP contribution in [0.15, 0.2) is 18.2 Å². The highest BCUT2D eigenvalue weighted by Gasteiger charge is 2.17. The first kappa shape index (κ1) is 13.0. The van der Waals surface area contributed by atoms with Crippen molar-refractivity contribution in [1.29, 1.82) is 0 Å². The van der Waals surface area contributed by atoms with E-state index in [1.807, 2.05) is 0 Å². The third-order valence-corrected chi connectivity index (χ3v) is 2.00. The molecule has 1 aromatic carbocycles. The smallest absolute Gasteiger partial charge is 0.492 e. The zero-order valence-electron chi connectivity index (χ0n) is 9.02. The molecule has 0 radical (unpaired) electrons. The SMILES string of the molecule is COCCCOc1ccc(F)cc1B(O)O. The summed E-state index contributed by atoms with van der Waals surface area (Å²) in [4.78, 5) is 0. The zero-order chi connectivity index (χ0) is 12.0. The molecular weight excluding hydrogens is 214 g/mol. The first-order chi connectivity index (χ1) is 7.65. The molecule has 0 aliphatic heterocycles. The number of hydrogen-bond acceptors (Lipinski definition) is 4. The number of ether oxygens (including phenoxy) is 2. The van der Waals surface area contributed by atoms with Crippen LogP contribution < -0.4 is 10.2 Å². The Hall–Kier alpha value is -1.11. The van der Waals surface area contributed by atoms with Crippen LogP contribution in [0.2, 0.25) is 0 Å². The van der Waals surface area contributed by atoms with E-state index < -0.39 is 12.9 Å². The van der Waals surface area contributed by atoms with Crippen LogP contribution in [0.5, 0.6) is 5.75 Å². The Kier molecular flexibility index (Phi) is 5.24. The van der Waals surface area contributed by atoms with Crippen molar-refractivity contribution in [2.75, 3.05) is 20.3 Å². The Morgan fingerprint density at radius 2 is 2.06 bits per heavy atom. The summed E-state index contributed by atoms with van der Waals surface area (Å²) in [5.41, 5.74) is 0.0254. The Morgan fingerprint density at radius 3 is 2.69 bits per heavy atom. The second-order valence-electron chi connectivity index (χ2n) is 3.25. The van der Waals surface area contributed by atoms with Crippen molar-refractivity contribution in [3.8, 4) is 5.75 Å². The van der Waals surface area contributed by atoms with Crippen LogP contribution in [0, 0.1) is 5.82 Å². The summed E-state index contributed by atoms with van der Waals surface area (Å²) in [6, 6.07) is 3.62. The Bertz CT molecular complexity index is 333. The first-order valence-electron chi connectivity index (χ1n) is 4.92. The molecular formula is C10H14BFO4. The second kappa shape index (κ2) is 6.47. The largest absolute Gasteiger partial charge is 0.494 e. The summed E-state index contributed by atoms with van der Waals surface area (Å²) in [7, 11) is -0.158. The molecule has 0 heterocycles. The predicted octanol–water partition coefficient (Wildman–Crippen LogP) is -0.0792. The third-order valence-electron chi connectivity index (χ3n) is 2.00. The average Bonchev–Trinajstić information content (AvgIpc) is 2.26. The summed E-state index contributed by atoms with van der Waals surface area (Å²) in [5.74, 6) is -0.264. The number of halogens is 1. The molecule has 2 N–H and O–H groups in total. The van der Waals surface area contributed by atoms with Gasteiger partial charge in [-0.25, -0.2) is 4.39 Å². The molecule has 0 aliphatic rings. The van der Waals surface area contributed by atoms with E-state index in [1.54, 1.807) is 7.11 Å². The number of methoxy groups -OCH3 is 1. The number of rotatable bonds is 6. The van der Waals surface area contributed by atoms with Crippen molar-refractivity contribution >= 4 is 12.6 Å². The minimum Gasteiger partial charge on any atom is -0.494 e. The van der Waals surface area contributed by atoms with Crippen LogP contribution in [-0.4, -0.2) is 37.5 Å². The van der Waals surface area contributed by atoms with Gasteiger partial charge in [0.25, 0.3) is 0 Å². The van der Waals surface area contributed by atoms with Crippen LogP contribution in [0.4, 0.5) is 4.39 Å². The van der Waals surface area contributed by atoms with E-state index in [0.29, 0.717) is 19.6 Å². The van der Waals surface area contributed by atoms with Gasteiger partial charge in [0, 0.05) is 25.6 Å². The van der Waals surface area contributed by atoms with E-state index in [2.05, 4.69) is 0 Å². The van der Waals surface area contributed by atoms with Crippen molar-refractivity contribution in [2.45, 2.75) is 6.42 Å². The van der Waals surface area contributed by atoms with Crippen LogP contribution in [0.25, 0.3) is 0 Å². The zero-order valence-corrected chi connectivity index (χ0v) is 9.02. The molecule has 6 heteroatoms. The third kappa shape index (κ3) is 3.81. The summed E-state index contributed by atoms with van der Waals surface area (Å²) >= 11 is 0. The second-order valence-corrected chi connectivity index (χ2v) is 3.25. The van der Waals surface area contributed by atoms with Crippen LogP contribution >= 0.6 is 0 Å². The average molecular weight is 228 g/mol. The highest BCUT2D eigenvalue weighted by Crippen LogP contribution is 2.10. The van der Waals surface area contributed by atoms with Gasteiger partial charge in [0.2, 0.25) is 0 Å². The highest BCUT2D eigenvalue weighted by molar-refractivity contribution is 6.59. The maximum Gasteiger partial charge on any atom is 0.492 e. The van der Waals surface area contributed by atoms with Gasteiger partial charge in [-0.1, -0.05) is 0 Å². The van der Waals surface area contributed by atoms with E-state index in [1.165, 1.54) is 12.1 Å². The van der Waals surface area contributed by atoms with Gasteiger partial charge < -0.3 is 19.5 Å². The van der Waals surface area contributed by atoms with Crippen LogP contribution in [0.3, 0.4) is 0 Å². The molecule has 0 bridgehead atoms. The van der Waals surface area contributed by atoms with Crippen molar-refractivity contribution in [1.82, 2.24) is 0 Å². The van der Waals surface area contributed by atoms with Gasteiger partial charge in [-0.05, 0) is 18.2 Å². The monoisotopic (exact) mass is 228 g/mol. The molecule has 0 saturated carbocycles. The Balaban J connectivity index is 2.64. The molecule has 0 amide bonds. The van der Waals surface area contributed by atoms with Gasteiger partial charge in [0.15, 0.2) is 0 Å². The van der Waals surface area contributed by atoms with E-state index >= 15 is 0 Å². The molecule has 0 atom stereocenters. The fourth-order valence-corrected chi connectivity index (χ4v) is 1.24. The molecule has 4 nitrogen and oxygen atoms in total. The van der Waals surface area contributed by atoms with Gasteiger partial charge in [-0.2, -0.15) is 0 Å². The number of hydrogen-bond donors (Lipinski definition) is 2. The van der Waals surface area contributed by atoms with Crippen LogP contribution in [-0.2, 0) is 4.74 Å².